The van der Waals surface area contributed by atoms with Crippen molar-refractivity contribution in [3.8, 4) is 0 Å². The molecule has 0 aliphatic rings. The smallest absolute Gasteiger partial charge is 0.273 e. The monoisotopic (exact) mass is 431 g/mol. The SMILES string of the molecule is Cc1nn(C(=O)CCCn2nc(C)c([N+](=O)[O-])c2C)c(C)c1I. The minimum absolute atomic E-state index is 0.0458. The summed E-state index contributed by atoms with van der Waals surface area (Å²) in [4.78, 5) is 22.8. The number of hydrogen-bond acceptors (Lipinski definition) is 5. The molecule has 23 heavy (non-hydrogen) atoms. The van der Waals surface area contributed by atoms with Gasteiger partial charge in [0.25, 0.3) is 0 Å². The fraction of sp³-hybridized carbons (Fsp3) is 0.500. The van der Waals surface area contributed by atoms with E-state index in [9.17, 15) is 14.9 Å². The Morgan fingerprint density at radius 2 is 1.83 bits per heavy atom. The van der Waals surface area contributed by atoms with Gasteiger partial charge in [-0.3, -0.25) is 19.6 Å². The van der Waals surface area contributed by atoms with Crippen LogP contribution in [0.5, 0.6) is 0 Å². The van der Waals surface area contributed by atoms with E-state index >= 15 is 0 Å². The zero-order valence-electron chi connectivity index (χ0n) is 13.5. The molecule has 0 unspecified atom stereocenters. The Balaban J connectivity index is 2.03. The van der Waals surface area contributed by atoms with E-state index in [4.69, 9.17) is 0 Å². The maximum atomic E-state index is 12.2. The Kier molecular flexibility index (Phi) is 5.17. The van der Waals surface area contributed by atoms with Crippen LogP contribution in [0.25, 0.3) is 0 Å². The quantitative estimate of drug-likeness (QED) is 0.412. The predicted octanol–water partition coefficient (Wildman–Crippen LogP) is 2.95. The van der Waals surface area contributed by atoms with Crippen molar-refractivity contribution in [2.24, 2.45) is 0 Å². The molecule has 0 atom stereocenters. The second kappa shape index (κ2) is 6.77. The van der Waals surface area contributed by atoms with Crippen LogP contribution in [0.2, 0.25) is 0 Å². The Morgan fingerprint density at radius 1 is 1.17 bits per heavy atom. The van der Waals surface area contributed by atoms with Crippen LogP contribution in [0.4, 0.5) is 5.69 Å². The molecule has 8 nitrogen and oxygen atoms in total. The highest BCUT2D eigenvalue weighted by Gasteiger charge is 2.21. The molecule has 0 aliphatic carbocycles. The third-order valence-electron chi connectivity index (χ3n) is 3.73. The van der Waals surface area contributed by atoms with Gasteiger partial charge in [0.15, 0.2) is 0 Å². The van der Waals surface area contributed by atoms with Crippen molar-refractivity contribution in [2.45, 2.75) is 47.1 Å². The number of hydrogen-bond donors (Lipinski definition) is 0. The van der Waals surface area contributed by atoms with Gasteiger partial charge in [-0.1, -0.05) is 0 Å². The number of aromatic nitrogens is 4. The second-order valence-corrected chi connectivity index (χ2v) is 6.47. The van der Waals surface area contributed by atoms with Crippen molar-refractivity contribution in [2.75, 3.05) is 0 Å². The minimum Gasteiger partial charge on any atom is -0.273 e. The molecule has 2 rings (SSSR count). The van der Waals surface area contributed by atoms with Gasteiger partial charge in [0, 0.05) is 13.0 Å². The second-order valence-electron chi connectivity index (χ2n) is 5.39. The summed E-state index contributed by atoms with van der Waals surface area (Å²) in [5, 5.41) is 19.4. The first-order valence-corrected chi connectivity index (χ1v) is 8.25. The lowest BCUT2D eigenvalue weighted by atomic mass is 10.3. The average molecular weight is 431 g/mol. The number of nitrogens with zero attached hydrogens (tertiary/aromatic N) is 5. The summed E-state index contributed by atoms with van der Waals surface area (Å²) in [5.41, 5.74) is 2.64. The van der Waals surface area contributed by atoms with Crippen molar-refractivity contribution in [3.05, 3.63) is 36.5 Å². The number of carbonyl (C=O) groups excluding carboxylic acids is 1. The van der Waals surface area contributed by atoms with Crippen molar-refractivity contribution in [3.63, 3.8) is 0 Å². The lowest BCUT2D eigenvalue weighted by Crippen LogP contribution is -2.15. The molecule has 0 N–H and O–H groups in total. The molecular formula is C14H18IN5O3. The number of halogens is 1. The molecule has 0 fully saturated rings. The first-order valence-electron chi connectivity index (χ1n) is 7.17. The van der Waals surface area contributed by atoms with E-state index in [1.54, 1.807) is 18.5 Å². The zero-order chi connectivity index (χ0) is 17.3. The van der Waals surface area contributed by atoms with Gasteiger partial charge in [0.2, 0.25) is 5.91 Å². The lowest BCUT2D eigenvalue weighted by Gasteiger charge is -2.05. The number of rotatable bonds is 5. The molecule has 124 valence electrons. The van der Waals surface area contributed by atoms with Crippen molar-refractivity contribution >= 4 is 34.2 Å². The van der Waals surface area contributed by atoms with Gasteiger partial charge in [-0.25, -0.2) is 4.68 Å². The van der Waals surface area contributed by atoms with Crippen LogP contribution < -0.4 is 0 Å². The predicted molar refractivity (Wildman–Crippen MR) is 92.6 cm³/mol. The van der Waals surface area contributed by atoms with Crippen LogP contribution in [-0.2, 0) is 6.54 Å². The standard InChI is InChI=1S/C14H18IN5O3/c1-8-13(15)10(3)19(17-8)12(21)6-5-7-18-11(4)14(20(22)23)9(2)16-18/h5-7H2,1-4H3. The summed E-state index contributed by atoms with van der Waals surface area (Å²) in [5.74, 6) is -0.0791. The van der Waals surface area contributed by atoms with Gasteiger partial charge >= 0.3 is 5.69 Å². The third kappa shape index (κ3) is 3.43. The number of nitro groups is 1. The van der Waals surface area contributed by atoms with Crippen LogP contribution in [0.3, 0.4) is 0 Å². The molecule has 2 aromatic heterocycles. The Bertz CT molecular complexity index is 778. The van der Waals surface area contributed by atoms with Crippen LogP contribution in [0.1, 0.15) is 40.4 Å². The van der Waals surface area contributed by atoms with Crippen LogP contribution in [0.15, 0.2) is 0 Å². The van der Waals surface area contributed by atoms with E-state index in [1.165, 1.54) is 4.68 Å². The normalized spacial score (nSPS) is 11.0. The third-order valence-corrected chi connectivity index (χ3v) is 5.29. The van der Waals surface area contributed by atoms with Crippen LogP contribution >= 0.6 is 22.6 Å². The first kappa shape index (κ1) is 17.6. The Morgan fingerprint density at radius 3 is 2.30 bits per heavy atom. The number of aryl methyl sites for hydroxylation is 3. The fourth-order valence-corrected chi connectivity index (χ4v) is 2.86. The van der Waals surface area contributed by atoms with Crippen LogP contribution in [-0.4, -0.2) is 30.4 Å². The summed E-state index contributed by atoms with van der Waals surface area (Å²) in [7, 11) is 0. The summed E-state index contributed by atoms with van der Waals surface area (Å²) in [6.45, 7) is 7.48. The molecule has 0 saturated carbocycles. The van der Waals surface area contributed by atoms with Crippen molar-refractivity contribution < 1.29 is 9.72 Å². The molecule has 0 bridgehead atoms. The summed E-state index contributed by atoms with van der Waals surface area (Å²) in [6, 6.07) is 0. The molecule has 9 heteroatoms. The highest BCUT2D eigenvalue weighted by molar-refractivity contribution is 14.1. The van der Waals surface area contributed by atoms with Crippen molar-refractivity contribution in [1.82, 2.24) is 19.6 Å². The molecule has 0 aliphatic heterocycles. The van der Waals surface area contributed by atoms with Gasteiger partial charge in [-0.15, -0.1) is 0 Å². The van der Waals surface area contributed by atoms with Gasteiger partial charge in [-0.2, -0.15) is 10.2 Å². The molecule has 0 amide bonds. The van der Waals surface area contributed by atoms with Gasteiger partial charge < -0.3 is 0 Å². The Labute approximate surface area is 147 Å². The van der Waals surface area contributed by atoms with E-state index in [0.29, 0.717) is 30.8 Å². The lowest BCUT2D eigenvalue weighted by molar-refractivity contribution is -0.386. The minimum atomic E-state index is -0.420. The summed E-state index contributed by atoms with van der Waals surface area (Å²) < 4.78 is 4.01. The van der Waals surface area contributed by atoms with Crippen molar-refractivity contribution in [1.29, 1.82) is 0 Å². The molecule has 0 saturated heterocycles. The largest absolute Gasteiger partial charge is 0.312 e. The average Bonchev–Trinajstić information content (AvgIpc) is 2.90. The molecular weight excluding hydrogens is 413 g/mol. The van der Waals surface area contributed by atoms with Crippen LogP contribution in [0, 0.1) is 41.4 Å². The highest BCUT2D eigenvalue weighted by atomic mass is 127. The number of carbonyl (C=O) groups is 1. The van der Waals surface area contributed by atoms with Gasteiger partial charge in [0.05, 0.1) is 19.9 Å². The molecule has 2 heterocycles. The molecule has 2 aromatic rings. The van der Waals surface area contributed by atoms with E-state index in [1.807, 2.05) is 13.8 Å². The molecule has 0 aromatic carbocycles. The van der Waals surface area contributed by atoms with E-state index in [2.05, 4.69) is 32.8 Å². The topological polar surface area (TPSA) is 95.8 Å². The van der Waals surface area contributed by atoms with E-state index in [-0.39, 0.29) is 11.6 Å². The maximum Gasteiger partial charge on any atom is 0.312 e. The van der Waals surface area contributed by atoms with E-state index < -0.39 is 4.92 Å². The van der Waals surface area contributed by atoms with E-state index in [0.717, 1.165) is 15.0 Å². The first-order chi connectivity index (χ1) is 10.7. The zero-order valence-corrected chi connectivity index (χ0v) is 15.6. The highest BCUT2D eigenvalue weighted by Crippen LogP contribution is 2.22. The van der Waals surface area contributed by atoms with Gasteiger partial charge in [-0.05, 0) is 56.7 Å². The van der Waals surface area contributed by atoms with Gasteiger partial charge in [0.1, 0.15) is 11.4 Å². The molecule has 0 radical (unpaired) electrons. The summed E-state index contributed by atoms with van der Waals surface area (Å²) in [6.07, 6.45) is 0.858. The molecule has 0 spiro atoms. The summed E-state index contributed by atoms with van der Waals surface area (Å²) >= 11 is 2.17. The Hall–Kier alpha value is -1.78. The fourth-order valence-electron chi connectivity index (χ4n) is 2.52. The maximum absolute atomic E-state index is 12.2.